The highest BCUT2D eigenvalue weighted by molar-refractivity contribution is 5.45. The summed E-state index contributed by atoms with van der Waals surface area (Å²) in [6.07, 6.45) is 5.33. The second-order valence-corrected chi connectivity index (χ2v) is 5.08. The number of benzene rings is 1. The number of phenolic OH excluding ortho intramolecular Hbond substituents is 1. The third kappa shape index (κ3) is 7.06. The van der Waals surface area contributed by atoms with Crippen LogP contribution in [0.3, 0.4) is 0 Å². The Labute approximate surface area is 117 Å². The Kier molecular flexibility index (Phi) is 8.07. The maximum atomic E-state index is 9.15. The molecule has 1 aromatic carbocycles. The lowest BCUT2D eigenvalue weighted by molar-refractivity contribution is 0.237. The van der Waals surface area contributed by atoms with Crippen molar-refractivity contribution in [2.75, 3.05) is 31.5 Å². The van der Waals surface area contributed by atoms with Crippen LogP contribution in [0.1, 0.15) is 39.5 Å². The van der Waals surface area contributed by atoms with Crippen molar-refractivity contribution >= 4 is 5.69 Å². The van der Waals surface area contributed by atoms with Gasteiger partial charge in [0.2, 0.25) is 0 Å². The van der Waals surface area contributed by atoms with E-state index in [2.05, 4.69) is 24.1 Å². The third-order valence-electron chi connectivity index (χ3n) is 3.07. The molecule has 0 bridgehead atoms. The van der Waals surface area contributed by atoms with E-state index in [4.69, 9.17) is 5.11 Å². The predicted molar refractivity (Wildman–Crippen MR) is 82.9 cm³/mol. The van der Waals surface area contributed by atoms with Crippen LogP contribution in [-0.2, 0) is 0 Å². The number of hydrogen-bond acceptors (Lipinski definition) is 3. The van der Waals surface area contributed by atoms with Gasteiger partial charge < -0.3 is 15.3 Å². The summed E-state index contributed by atoms with van der Waals surface area (Å²) < 4.78 is 0. The standard InChI is InChI=1S/C13H20N2O.C3H8/c16-13-6-4-12(5-7-13)14-8-11-15-9-2-1-3-10-15;1-3-2/h4-7,14,16H,1-3,8-11H2;3H2,1-2H3. The van der Waals surface area contributed by atoms with Gasteiger partial charge in [-0.2, -0.15) is 0 Å². The van der Waals surface area contributed by atoms with Crippen LogP contribution in [0.4, 0.5) is 5.69 Å². The number of nitrogens with one attached hydrogen (secondary N) is 1. The highest BCUT2D eigenvalue weighted by Crippen LogP contribution is 2.13. The van der Waals surface area contributed by atoms with Crippen LogP contribution < -0.4 is 5.32 Å². The molecule has 0 amide bonds. The molecule has 3 heteroatoms. The zero-order chi connectivity index (χ0) is 13.9. The molecule has 2 rings (SSSR count). The second kappa shape index (κ2) is 9.68. The normalized spacial score (nSPS) is 15.5. The summed E-state index contributed by atoms with van der Waals surface area (Å²) in [5, 5.41) is 12.5. The fraction of sp³-hybridized carbons (Fsp3) is 0.625. The Morgan fingerprint density at radius 1 is 1.05 bits per heavy atom. The topological polar surface area (TPSA) is 35.5 Å². The van der Waals surface area contributed by atoms with Crippen LogP contribution in [0.2, 0.25) is 0 Å². The number of phenols is 1. The molecule has 2 N–H and O–H groups in total. The highest BCUT2D eigenvalue weighted by Gasteiger charge is 2.08. The fourth-order valence-electron chi connectivity index (χ4n) is 2.12. The van der Waals surface area contributed by atoms with Gasteiger partial charge in [-0.1, -0.05) is 26.7 Å². The summed E-state index contributed by atoms with van der Waals surface area (Å²) in [5.41, 5.74) is 1.08. The van der Waals surface area contributed by atoms with Crippen LogP contribution in [0.25, 0.3) is 0 Å². The first-order valence-corrected chi connectivity index (χ1v) is 7.51. The molecule has 108 valence electrons. The van der Waals surface area contributed by atoms with Crippen LogP contribution in [-0.4, -0.2) is 36.2 Å². The lowest BCUT2D eigenvalue weighted by atomic mass is 10.1. The minimum atomic E-state index is 0.321. The summed E-state index contributed by atoms with van der Waals surface area (Å²) in [4.78, 5) is 2.51. The third-order valence-corrected chi connectivity index (χ3v) is 3.07. The van der Waals surface area contributed by atoms with E-state index < -0.39 is 0 Å². The number of aromatic hydroxyl groups is 1. The molecule has 1 aliphatic rings. The van der Waals surface area contributed by atoms with E-state index in [0.717, 1.165) is 18.8 Å². The molecule has 1 aromatic rings. The van der Waals surface area contributed by atoms with E-state index in [-0.39, 0.29) is 0 Å². The molecule has 0 aromatic heterocycles. The molecule has 0 spiro atoms. The molecule has 0 atom stereocenters. The molecule has 19 heavy (non-hydrogen) atoms. The molecule has 0 saturated carbocycles. The van der Waals surface area contributed by atoms with Crippen molar-refractivity contribution < 1.29 is 5.11 Å². The minimum absolute atomic E-state index is 0.321. The van der Waals surface area contributed by atoms with Gasteiger partial charge in [0.05, 0.1) is 0 Å². The first-order chi connectivity index (χ1) is 9.26. The van der Waals surface area contributed by atoms with Gasteiger partial charge in [0.1, 0.15) is 5.75 Å². The number of hydrogen-bond donors (Lipinski definition) is 2. The zero-order valence-corrected chi connectivity index (χ0v) is 12.4. The lowest BCUT2D eigenvalue weighted by Gasteiger charge is -2.26. The lowest BCUT2D eigenvalue weighted by Crippen LogP contribution is -2.33. The summed E-state index contributed by atoms with van der Waals surface area (Å²) in [7, 11) is 0. The van der Waals surface area contributed by atoms with E-state index in [1.807, 2.05) is 12.1 Å². The molecule has 1 saturated heterocycles. The number of likely N-dealkylation sites (tertiary alicyclic amines) is 1. The van der Waals surface area contributed by atoms with Crippen LogP contribution in [0.5, 0.6) is 5.75 Å². The van der Waals surface area contributed by atoms with Gasteiger partial charge in [0.25, 0.3) is 0 Å². The second-order valence-electron chi connectivity index (χ2n) is 5.08. The number of anilines is 1. The van der Waals surface area contributed by atoms with E-state index in [9.17, 15) is 0 Å². The van der Waals surface area contributed by atoms with Crippen LogP contribution >= 0.6 is 0 Å². The SMILES string of the molecule is CCC.Oc1ccc(NCCN2CCCCC2)cc1. The first-order valence-electron chi connectivity index (χ1n) is 7.51. The van der Waals surface area contributed by atoms with E-state index in [1.54, 1.807) is 12.1 Å². The molecule has 3 nitrogen and oxygen atoms in total. The van der Waals surface area contributed by atoms with Gasteiger partial charge in [0, 0.05) is 18.8 Å². The smallest absolute Gasteiger partial charge is 0.115 e. The predicted octanol–water partition coefficient (Wildman–Crippen LogP) is 3.71. The molecule has 0 aliphatic carbocycles. The summed E-state index contributed by atoms with van der Waals surface area (Å²) in [6, 6.07) is 7.24. The Bertz CT molecular complexity index is 318. The average molecular weight is 264 g/mol. The minimum Gasteiger partial charge on any atom is -0.508 e. The highest BCUT2D eigenvalue weighted by atomic mass is 16.3. The van der Waals surface area contributed by atoms with Gasteiger partial charge in [-0.25, -0.2) is 0 Å². The fourth-order valence-corrected chi connectivity index (χ4v) is 2.12. The van der Waals surface area contributed by atoms with E-state index in [0.29, 0.717) is 5.75 Å². The number of rotatable bonds is 4. The van der Waals surface area contributed by atoms with Crippen molar-refractivity contribution in [2.45, 2.75) is 39.5 Å². The van der Waals surface area contributed by atoms with Crippen molar-refractivity contribution in [2.24, 2.45) is 0 Å². The van der Waals surface area contributed by atoms with Gasteiger partial charge >= 0.3 is 0 Å². The Morgan fingerprint density at radius 3 is 2.21 bits per heavy atom. The van der Waals surface area contributed by atoms with Crippen molar-refractivity contribution in [1.82, 2.24) is 4.90 Å². The molecule has 1 aliphatic heterocycles. The molecular weight excluding hydrogens is 236 g/mol. The summed E-state index contributed by atoms with van der Waals surface area (Å²) in [6.45, 7) is 8.83. The van der Waals surface area contributed by atoms with Crippen LogP contribution in [0, 0.1) is 0 Å². The largest absolute Gasteiger partial charge is 0.508 e. The Hall–Kier alpha value is -1.22. The zero-order valence-electron chi connectivity index (χ0n) is 12.4. The maximum absolute atomic E-state index is 9.15. The maximum Gasteiger partial charge on any atom is 0.115 e. The van der Waals surface area contributed by atoms with E-state index >= 15 is 0 Å². The van der Waals surface area contributed by atoms with Gasteiger partial charge in [-0.15, -0.1) is 0 Å². The summed E-state index contributed by atoms with van der Waals surface area (Å²) in [5.74, 6) is 0.321. The molecule has 0 radical (unpaired) electrons. The molecule has 1 heterocycles. The Balaban J connectivity index is 0.000000550. The van der Waals surface area contributed by atoms with Gasteiger partial charge in [-0.05, 0) is 50.2 Å². The van der Waals surface area contributed by atoms with Crippen LogP contribution in [0.15, 0.2) is 24.3 Å². The molecule has 1 fully saturated rings. The van der Waals surface area contributed by atoms with E-state index in [1.165, 1.54) is 38.8 Å². The number of piperidine rings is 1. The monoisotopic (exact) mass is 264 g/mol. The number of nitrogens with zero attached hydrogens (tertiary/aromatic N) is 1. The van der Waals surface area contributed by atoms with Gasteiger partial charge in [-0.3, -0.25) is 0 Å². The Morgan fingerprint density at radius 2 is 1.63 bits per heavy atom. The summed E-state index contributed by atoms with van der Waals surface area (Å²) >= 11 is 0. The van der Waals surface area contributed by atoms with Crippen molar-refractivity contribution in [3.63, 3.8) is 0 Å². The molecule has 0 unspecified atom stereocenters. The van der Waals surface area contributed by atoms with Crippen molar-refractivity contribution in [3.8, 4) is 5.75 Å². The molecular formula is C16H28N2O. The van der Waals surface area contributed by atoms with Gasteiger partial charge in [0.15, 0.2) is 0 Å². The quantitative estimate of drug-likeness (QED) is 0.814. The van der Waals surface area contributed by atoms with Crippen molar-refractivity contribution in [3.05, 3.63) is 24.3 Å². The van der Waals surface area contributed by atoms with Crippen molar-refractivity contribution in [1.29, 1.82) is 0 Å². The first kappa shape index (κ1) is 15.8. The average Bonchev–Trinajstić information content (AvgIpc) is 2.43.